The zero-order valence-corrected chi connectivity index (χ0v) is 10.2. The van der Waals surface area contributed by atoms with E-state index in [4.69, 9.17) is 0 Å². The zero-order chi connectivity index (χ0) is 12.3. The molecule has 3 heteroatoms. The number of carbonyl (C=O) groups is 1. The lowest BCUT2D eigenvalue weighted by Gasteiger charge is -2.26. The SMILES string of the molecule is Cc1ccc(CCN2CCCCC2=O)c(F)c1. The minimum absolute atomic E-state index is 0.158. The van der Waals surface area contributed by atoms with Crippen LogP contribution in [0.2, 0.25) is 0 Å². The summed E-state index contributed by atoms with van der Waals surface area (Å²) < 4.78 is 13.6. The lowest BCUT2D eigenvalue weighted by Crippen LogP contribution is -2.36. The first kappa shape index (κ1) is 12.1. The third kappa shape index (κ3) is 3.05. The Kier molecular flexibility index (Phi) is 3.77. The van der Waals surface area contributed by atoms with Crippen molar-refractivity contribution in [2.24, 2.45) is 0 Å². The summed E-state index contributed by atoms with van der Waals surface area (Å²) >= 11 is 0. The van der Waals surface area contributed by atoms with Gasteiger partial charge in [-0.2, -0.15) is 0 Å². The van der Waals surface area contributed by atoms with E-state index in [1.165, 1.54) is 0 Å². The van der Waals surface area contributed by atoms with Crippen LogP contribution in [0.4, 0.5) is 4.39 Å². The van der Waals surface area contributed by atoms with E-state index in [9.17, 15) is 9.18 Å². The maximum Gasteiger partial charge on any atom is 0.222 e. The van der Waals surface area contributed by atoms with Crippen LogP contribution in [0.3, 0.4) is 0 Å². The van der Waals surface area contributed by atoms with E-state index in [0.29, 0.717) is 24.9 Å². The van der Waals surface area contributed by atoms with Gasteiger partial charge in [0, 0.05) is 19.5 Å². The van der Waals surface area contributed by atoms with Gasteiger partial charge in [-0.15, -0.1) is 0 Å². The third-order valence-corrected chi connectivity index (χ3v) is 3.28. The fourth-order valence-electron chi connectivity index (χ4n) is 2.21. The predicted octanol–water partition coefficient (Wildman–Crippen LogP) is 2.69. The fraction of sp³-hybridized carbons (Fsp3) is 0.500. The van der Waals surface area contributed by atoms with Crippen molar-refractivity contribution in [1.82, 2.24) is 4.90 Å². The van der Waals surface area contributed by atoms with Gasteiger partial charge in [-0.25, -0.2) is 4.39 Å². The van der Waals surface area contributed by atoms with Gasteiger partial charge in [0.15, 0.2) is 0 Å². The largest absolute Gasteiger partial charge is 0.342 e. The van der Waals surface area contributed by atoms with Gasteiger partial charge in [-0.3, -0.25) is 4.79 Å². The average molecular weight is 235 g/mol. The van der Waals surface area contributed by atoms with Crippen molar-refractivity contribution >= 4 is 5.91 Å². The molecular weight excluding hydrogens is 217 g/mol. The number of hydrogen-bond donors (Lipinski definition) is 0. The minimum Gasteiger partial charge on any atom is -0.342 e. The highest BCUT2D eigenvalue weighted by atomic mass is 19.1. The van der Waals surface area contributed by atoms with Crippen molar-refractivity contribution in [1.29, 1.82) is 0 Å². The molecule has 0 aliphatic carbocycles. The number of amides is 1. The molecule has 0 atom stereocenters. The third-order valence-electron chi connectivity index (χ3n) is 3.28. The van der Waals surface area contributed by atoms with Gasteiger partial charge < -0.3 is 4.90 Å². The van der Waals surface area contributed by atoms with E-state index < -0.39 is 0 Å². The maximum atomic E-state index is 13.6. The topological polar surface area (TPSA) is 20.3 Å². The molecule has 0 bridgehead atoms. The molecule has 1 fully saturated rings. The lowest BCUT2D eigenvalue weighted by molar-refractivity contribution is -0.133. The average Bonchev–Trinajstić information content (AvgIpc) is 2.30. The first-order valence-electron chi connectivity index (χ1n) is 6.19. The first-order valence-corrected chi connectivity index (χ1v) is 6.19. The number of benzene rings is 1. The van der Waals surface area contributed by atoms with Crippen LogP contribution in [-0.4, -0.2) is 23.9 Å². The number of rotatable bonds is 3. The quantitative estimate of drug-likeness (QED) is 0.788. The van der Waals surface area contributed by atoms with Gasteiger partial charge >= 0.3 is 0 Å². The van der Waals surface area contributed by atoms with E-state index in [1.807, 2.05) is 24.0 Å². The van der Waals surface area contributed by atoms with Gasteiger partial charge in [-0.1, -0.05) is 12.1 Å². The second-order valence-corrected chi connectivity index (χ2v) is 4.68. The number of likely N-dealkylation sites (tertiary alicyclic amines) is 1. The summed E-state index contributed by atoms with van der Waals surface area (Å²) in [5, 5.41) is 0. The second-order valence-electron chi connectivity index (χ2n) is 4.68. The lowest BCUT2D eigenvalue weighted by atomic mass is 10.1. The van der Waals surface area contributed by atoms with Crippen LogP contribution in [0.1, 0.15) is 30.4 Å². The van der Waals surface area contributed by atoms with Crippen molar-refractivity contribution in [2.45, 2.75) is 32.6 Å². The molecule has 0 radical (unpaired) electrons. The highest BCUT2D eigenvalue weighted by Gasteiger charge is 2.17. The Morgan fingerprint density at radius 2 is 2.18 bits per heavy atom. The highest BCUT2D eigenvalue weighted by Crippen LogP contribution is 2.14. The van der Waals surface area contributed by atoms with Gasteiger partial charge in [0.1, 0.15) is 5.82 Å². The number of halogens is 1. The molecule has 1 aromatic carbocycles. The molecule has 0 unspecified atom stereocenters. The number of piperidine rings is 1. The Balaban J connectivity index is 1.95. The summed E-state index contributed by atoms with van der Waals surface area (Å²) in [6.45, 7) is 3.34. The molecule has 92 valence electrons. The minimum atomic E-state index is -0.158. The van der Waals surface area contributed by atoms with Crippen LogP contribution in [0.5, 0.6) is 0 Å². The number of aryl methyl sites for hydroxylation is 1. The molecule has 0 aromatic heterocycles. The Morgan fingerprint density at radius 3 is 2.88 bits per heavy atom. The first-order chi connectivity index (χ1) is 8.16. The van der Waals surface area contributed by atoms with E-state index >= 15 is 0 Å². The standard InChI is InChI=1S/C14H18FNO/c1-11-5-6-12(13(15)10-11)7-9-16-8-3-2-4-14(16)17/h5-6,10H,2-4,7-9H2,1H3. The van der Waals surface area contributed by atoms with Crippen LogP contribution in [0.15, 0.2) is 18.2 Å². The van der Waals surface area contributed by atoms with Crippen molar-refractivity contribution in [3.63, 3.8) is 0 Å². The van der Waals surface area contributed by atoms with Crippen LogP contribution in [0.25, 0.3) is 0 Å². The van der Waals surface area contributed by atoms with Crippen LogP contribution >= 0.6 is 0 Å². The van der Waals surface area contributed by atoms with Gasteiger partial charge in [0.25, 0.3) is 0 Å². The molecular formula is C14H18FNO. The normalized spacial score (nSPS) is 16.4. The summed E-state index contributed by atoms with van der Waals surface area (Å²) in [5.41, 5.74) is 1.63. The molecule has 17 heavy (non-hydrogen) atoms. The van der Waals surface area contributed by atoms with Crippen LogP contribution < -0.4 is 0 Å². The van der Waals surface area contributed by atoms with Gasteiger partial charge in [0.2, 0.25) is 5.91 Å². The molecule has 2 nitrogen and oxygen atoms in total. The molecule has 1 heterocycles. The van der Waals surface area contributed by atoms with E-state index in [1.54, 1.807) is 6.07 Å². The van der Waals surface area contributed by atoms with E-state index in [-0.39, 0.29) is 11.7 Å². The summed E-state index contributed by atoms with van der Waals surface area (Å²) in [4.78, 5) is 13.4. The van der Waals surface area contributed by atoms with Crippen LogP contribution in [-0.2, 0) is 11.2 Å². The van der Waals surface area contributed by atoms with Crippen molar-refractivity contribution in [3.8, 4) is 0 Å². The Hall–Kier alpha value is -1.38. The number of carbonyl (C=O) groups excluding carboxylic acids is 1. The molecule has 1 amide bonds. The molecule has 2 rings (SSSR count). The van der Waals surface area contributed by atoms with E-state index in [2.05, 4.69) is 0 Å². The molecule has 1 saturated heterocycles. The van der Waals surface area contributed by atoms with Gasteiger partial charge in [-0.05, 0) is 43.4 Å². The summed E-state index contributed by atoms with van der Waals surface area (Å²) in [5.74, 6) is 0.0539. The Labute approximate surface area is 101 Å². The monoisotopic (exact) mass is 235 g/mol. The highest BCUT2D eigenvalue weighted by molar-refractivity contribution is 5.76. The van der Waals surface area contributed by atoms with E-state index in [0.717, 1.165) is 24.9 Å². The molecule has 1 aliphatic heterocycles. The van der Waals surface area contributed by atoms with Crippen molar-refractivity contribution < 1.29 is 9.18 Å². The summed E-state index contributed by atoms with van der Waals surface area (Å²) in [7, 11) is 0. The molecule has 0 N–H and O–H groups in total. The molecule has 1 aromatic rings. The van der Waals surface area contributed by atoms with Crippen molar-refractivity contribution in [2.75, 3.05) is 13.1 Å². The van der Waals surface area contributed by atoms with Crippen molar-refractivity contribution in [3.05, 3.63) is 35.1 Å². The Bertz CT molecular complexity index is 417. The molecule has 0 saturated carbocycles. The predicted molar refractivity (Wildman–Crippen MR) is 65.3 cm³/mol. The Morgan fingerprint density at radius 1 is 1.35 bits per heavy atom. The molecule has 0 spiro atoms. The van der Waals surface area contributed by atoms with Gasteiger partial charge in [0.05, 0.1) is 0 Å². The number of hydrogen-bond acceptors (Lipinski definition) is 1. The fourth-order valence-corrected chi connectivity index (χ4v) is 2.21. The summed E-state index contributed by atoms with van der Waals surface area (Å²) in [6.07, 6.45) is 3.32. The summed E-state index contributed by atoms with van der Waals surface area (Å²) in [6, 6.07) is 5.28. The molecule has 1 aliphatic rings. The zero-order valence-electron chi connectivity index (χ0n) is 10.2. The maximum absolute atomic E-state index is 13.6. The second kappa shape index (κ2) is 5.30. The van der Waals surface area contributed by atoms with Crippen LogP contribution in [0, 0.1) is 12.7 Å². The number of nitrogens with zero attached hydrogens (tertiary/aromatic N) is 1. The smallest absolute Gasteiger partial charge is 0.222 e.